The molecule has 1 aliphatic heterocycles. The van der Waals surface area contributed by atoms with E-state index in [1.165, 1.54) is 12.1 Å². The molecular weight excluding hydrogens is 300 g/mol. The molecule has 1 N–H and O–H groups in total. The van der Waals surface area contributed by atoms with E-state index in [4.69, 9.17) is 0 Å². The van der Waals surface area contributed by atoms with Crippen LogP contribution >= 0.6 is 0 Å². The number of rotatable bonds is 4. The standard InChI is InChI=1S/C16H24N2O3S/c1-4-17-22(20,21)15-7-5-6-14(9-15)16(19)18-10-12(2)8-13(3)11-18/h5-7,9,12-13,17H,4,8,10-11H2,1-3H3. The number of hydrogen-bond acceptors (Lipinski definition) is 3. The maximum Gasteiger partial charge on any atom is 0.253 e. The van der Waals surface area contributed by atoms with Crippen molar-refractivity contribution in [1.82, 2.24) is 9.62 Å². The Bertz CT molecular complexity index is 633. The summed E-state index contributed by atoms with van der Waals surface area (Å²) in [6, 6.07) is 6.27. The number of carbonyl (C=O) groups excluding carboxylic acids is 1. The van der Waals surface area contributed by atoms with Gasteiger partial charge in [0.05, 0.1) is 4.90 Å². The first-order valence-electron chi connectivity index (χ1n) is 7.72. The highest BCUT2D eigenvalue weighted by molar-refractivity contribution is 7.89. The topological polar surface area (TPSA) is 66.5 Å². The first-order chi connectivity index (χ1) is 10.3. The molecule has 1 aliphatic rings. The van der Waals surface area contributed by atoms with Gasteiger partial charge in [0.25, 0.3) is 5.91 Å². The van der Waals surface area contributed by atoms with E-state index in [0.29, 0.717) is 23.9 Å². The summed E-state index contributed by atoms with van der Waals surface area (Å²) >= 11 is 0. The van der Waals surface area contributed by atoms with Crippen molar-refractivity contribution in [2.45, 2.75) is 32.1 Å². The second-order valence-electron chi connectivity index (χ2n) is 6.19. The van der Waals surface area contributed by atoms with Gasteiger partial charge in [-0.15, -0.1) is 0 Å². The van der Waals surface area contributed by atoms with Crippen molar-refractivity contribution < 1.29 is 13.2 Å². The van der Waals surface area contributed by atoms with Crippen LogP contribution in [0, 0.1) is 11.8 Å². The van der Waals surface area contributed by atoms with Crippen LogP contribution in [0.1, 0.15) is 37.6 Å². The van der Waals surface area contributed by atoms with Crippen LogP contribution in [-0.4, -0.2) is 38.9 Å². The molecule has 22 heavy (non-hydrogen) atoms. The molecule has 2 atom stereocenters. The van der Waals surface area contributed by atoms with E-state index in [0.717, 1.165) is 19.5 Å². The minimum absolute atomic E-state index is 0.0908. The van der Waals surface area contributed by atoms with Crippen molar-refractivity contribution >= 4 is 15.9 Å². The van der Waals surface area contributed by atoms with Crippen molar-refractivity contribution in [2.75, 3.05) is 19.6 Å². The summed E-state index contributed by atoms with van der Waals surface area (Å²) in [5.74, 6) is 0.856. The monoisotopic (exact) mass is 324 g/mol. The van der Waals surface area contributed by atoms with Gasteiger partial charge in [0.1, 0.15) is 0 Å². The SMILES string of the molecule is CCNS(=O)(=O)c1cccc(C(=O)N2CC(C)CC(C)C2)c1. The molecule has 1 saturated heterocycles. The number of amides is 1. The molecule has 1 fully saturated rings. The third kappa shape index (κ3) is 3.87. The Morgan fingerprint density at radius 2 is 1.91 bits per heavy atom. The summed E-state index contributed by atoms with van der Waals surface area (Å²) in [5, 5.41) is 0. The van der Waals surface area contributed by atoms with E-state index >= 15 is 0 Å². The predicted octanol–water partition coefficient (Wildman–Crippen LogP) is 2.10. The summed E-state index contributed by atoms with van der Waals surface area (Å²) in [4.78, 5) is 14.6. The number of benzene rings is 1. The lowest BCUT2D eigenvalue weighted by molar-refractivity contribution is 0.0623. The zero-order valence-corrected chi connectivity index (χ0v) is 14.2. The van der Waals surface area contributed by atoms with Gasteiger partial charge in [0, 0.05) is 25.2 Å². The highest BCUT2D eigenvalue weighted by Crippen LogP contribution is 2.23. The molecule has 1 heterocycles. The number of piperidine rings is 1. The van der Waals surface area contributed by atoms with Crippen molar-refractivity contribution in [3.8, 4) is 0 Å². The van der Waals surface area contributed by atoms with Crippen LogP contribution in [0.4, 0.5) is 0 Å². The van der Waals surface area contributed by atoms with Gasteiger partial charge in [-0.05, 0) is 36.5 Å². The molecule has 0 bridgehead atoms. The van der Waals surface area contributed by atoms with Crippen LogP contribution < -0.4 is 4.72 Å². The van der Waals surface area contributed by atoms with E-state index in [9.17, 15) is 13.2 Å². The second kappa shape index (κ2) is 6.79. The molecule has 2 rings (SSSR count). The van der Waals surface area contributed by atoms with Gasteiger partial charge in [-0.3, -0.25) is 4.79 Å². The quantitative estimate of drug-likeness (QED) is 0.922. The zero-order chi connectivity index (χ0) is 16.3. The Morgan fingerprint density at radius 3 is 2.50 bits per heavy atom. The third-order valence-electron chi connectivity index (χ3n) is 3.88. The molecule has 5 nitrogen and oxygen atoms in total. The number of hydrogen-bond donors (Lipinski definition) is 1. The average Bonchev–Trinajstić information content (AvgIpc) is 2.45. The molecule has 0 saturated carbocycles. The molecule has 2 unspecified atom stereocenters. The van der Waals surface area contributed by atoms with Gasteiger partial charge in [-0.25, -0.2) is 13.1 Å². The molecule has 6 heteroatoms. The Kier molecular flexibility index (Phi) is 5.24. The molecule has 122 valence electrons. The number of likely N-dealkylation sites (tertiary alicyclic amines) is 1. The maximum atomic E-state index is 12.6. The predicted molar refractivity (Wildman–Crippen MR) is 86.2 cm³/mol. The smallest absolute Gasteiger partial charge is 0.253 e. The van der Waals surface area contributed by atoms with Crippen LogP contribution in [0.15, 0.2) is 29.2 Å². The number of carbonyl (C=O) groups is 1. The molecule has 0 aromatic heterocycles. The highest BCUT2D eigenvalue weighted by atomic mass is 32.2. The molecule has 0 radical (unpaired) electrons. The summed E-state index contributed by atoms with van der Waals surface area (Å²) in [6.45, 7) is 7.79. The molecule has 1 aromatic rings. The van der Waals surface area contributed by atoms with Crippen LogP contribution in [0.2, 0.25) is 0 Å². The molecule has 0 spiro atoms. The summed E-state index contributed by atoms with van der Waals surface area (Å²) in [5.41, 5.74) is 0.431. The van der Waals surface area contributed by atoms with E-state index in [1.54, 1.807) is 19.1 Å². The first kappa shape index (κ1) is 17.0. The van der Waals surface area contributed by atoms with E-state index < -0.39 is 10.0 Å². The van der Waals surface area contributed by atoms with Crippen molar-refractivity contribution in [3.05, 3.63) is 29.8 Å². The van der Waals surface area contributed by atoms with Crippen LogP contribution in [0.5, 0.6) is 0 Å². The van der Waals surface area contributed by atoms with Gasteiger partial charge < -0.3 is 4.90 Å². The minimum Gasteiger partial charge on any atom is -0.338 e. The van der Waals surface area contributed by atoms with Gasteiger partial charge in [-0.2, -0.15) is 0 Å². The Labute approximate surface area is 132 Å². The zero-order valence-electron chi connectivity index (χ0n) is 13.4. The molecular formula is C16H24N2O3S. The van der Waals surface area contributed by atoms with Crippen LogP contribution in [-0.2, 0) is 10.0 Å². The number of sulfonamides is 1. The summed E-state index contributed by atoms with van der Waals surface area (Å²) < 4.78 is 26.5. The fraction of sp³-hybridized carbons (Fsp3) is 0.562. The largest absolute Gasteiger partial charge is 0.338 e. The second-order valence-corrected chi connectivity index (χ2v) is 7.95. The fourth-order valence-corrected chi connectivity index (χ4v) is 4.17. The van der Waals surface area contributed by atoms with Gasteiger partial charge >= 0.3 is 0 Å². The minimum atomic E-state index is -3.54. The lowest BCUT2D eigenvalue weighted by Gasteiger charge is -2.35. The van der Waals surface area contributed by atoms with E-state index in [2.05, 4.69) is 18.6 Å². The van der Waals surface area contributed by atoms with Gasteiger partial charge in [0.15, 0.2) is 0 Å². The average molecular weight is 324 g/mol. The van der Waals surface area contributed by atoms with Crippen LogP contribution in [0.3, 0.4) is 0 Å². The summed E-state index contributed by atoms with van der Waals surface area (Å²) in [6.07, 6.45) is 1.12. The first-order valence-corrected chi connectivity index (χ1v) is 9.20. The highest BCUT2D eigenvalue weighted by Gasteiger charge is 2.26. The van der Waals surface area contributed by atoms with E-state index in [-0.39, 0.29) is 10.8 Å². The fourth-order valence-electron chi connectivity index (χ4n) is 3.08. The van der Waals surface area contributed by atoms with Gasteiger partial charge in [-0.1, -0.05) is 26.8 Å². The molecule has 0 aliphatic carbocycles. The molecule has 1 aromatic carbocycles. The van der Waals surface area contributed by atoms with Crippen molar-refractivity contribution in [2.24, 2.45) is 11.8 Å². The lowest BCUT2D eigenvalue weighted by Crippen LogP contribution is -2.42. The Balaban J connectivity index is 2.24. The summed E-state index contributed by atoms with van der Waals surface area (Å²) in [7, 11) is -3.54. The molecule has 1 amide bonds. The Morgan fingerprint density at radius 1 is 1.27 bits per heavy atom. The van der Waals surface area contributed by atoms with Gasteiger partial charge in [0.2, 0.25) is 10.0 Å². The van der Waals surface area contributed by atoms with Crippen LogP contribution in [0.25, 0.3) is 0 Å². The van der Waals surface area contributed by atoms with E-state index in [1.807, 2.05) is 4.90 Å². The lowest BCUT2D eigenvalue weighted by atomic mass is 9.91. The normalized spacial score (nSPS) is 22.6. The number of nitrogens with zero attached hydrogens (tertiary/aromatic N) is 1. The number of nitrogens with one attached hydrogen (secondary N) is 1. The van der Waals surface area contributed by atoms with Crippen molar-refractivity contribution in [3.63, 3.8) is 0 Å². The van der Waals surface area contributed by atoms with Crippen molar-refractivity contribution in [1.29, 1.82) is 0 Å². The third-order valence-corrected chi connectivity index (χ3v) is 5.42. The maximum absolute atomic E-state index is 12.6. The Hall–Kier alpha value is -1.40.